The van der Waals surface area contributed by atoms with Crippen LogP contribution in [0.3, 0.4) is 0 Å². The lowest BCUT2D eigenvalue weighted by molar-refractivity contribution is 0.298. The Morgan fingerprint density at radius 3 is 0.982 bits per heavy atom. The number of ether oxygens (including phenoxy) is 4. The Balaban J connectivity index is 0.911. The third-order valence-corrected chi connectivity index (χ3v) is 12.5. The lowest BCUT2D eigenvalue weighted by atomic mass is 10.1. The van der Waals surface area contributed by atoms with Gasteiger partial charge in [0.25, 0.3) is 0 Å². The number of sulfone groups is 2. The van der Waals surface area contributed by atoms with Gasteiger partial charge in [0.2, 0.25) is 19.7 Å². The number of hydrogen-bond donors (Lipinski definition) is 0. The summed E-state index contributed by atoms with van der Waals surface area (Å²) in [4.78, 5) is 0.466. The molecule has 10 heteroatoms. The number of rotatable bonds is 16. The minimum Gasteiger partial charge on any atom is -0.489 e. The molecule has 0 saturated carbocycles. The monoisotopic (exact) mass is 782 g/mol. The molecule has 0 aliphatic heterocycles. The van der Waals surface area contributed by atoms with Crippen LogP contribution in [0.5, 0.6) is 23.0 Å². The lowest BCUT2D eigenvalue weighted by Crippen LogP contribution is -2.06. The first-order valence-corrected chi connectivity index (χ1v) is 20.8. The van der Waals surface area contributed by atoms with E-state index in [2.05, 4.69) is 0 Å². The van der Waals surface area contributed by atoms with E-state index < -0.39 is 19.7 Å². The first kappa shape index (κ1) is 37.9. The van der Waals surface area contributed by atoms with Crippen LogP contribution in [-0.4, -0.2) is 16.8 Å². The molecule has 0 saturated heterocycles. The molecule has 0 atom stereocenters. The summed E-state index contributed by atoms with van der Waals surface area (Å²) < 4.78 is 77.9. The van der Waals surface area contributed by atoms with Gasteiger partial charge in [-0.2, -0.15) is 0 Å². The van der Waals surface area contributed by atoms with Gasteiger partial charge in [-0.25, -0.2) is 16.8 Å². The van der Waals surface area contributed by atoms with Gasteiger partial charge in [-0.15, -0.1) is 0 Å². The van der Waals surface area contributed by atoms with Crippen molar-refractivity contribution in [2.75, 3.05) is 0 Å². The molecule has 0 spiro atoms. The highest BCUT2D eigenvalue weighted by Gasteiger charge is 2.23. The van der Waals surface area contributed by atoms with Crippen LogP contribution in [0.2, 0.25) is 0 Å². The maximum absolute atomic E-state index is 13.6. The second-order valence-electron chi connectivity index (χ2n) is 12.8. The van der Waals surface area contributed by atoms with Crippen molar-refractivity contribution in [2.45, 2.75) is 46.0 Å². The Labute approximate surface area is 327 Å². The van der Waals surface area contributed by atoms with Crippen molar-refractivity contribution >= 4 is 19.7 Å². The summed E-state index contributed by atoms with van der Waals surface area (Å²) in [6, 6.07) is 52.8. The van der Waals surface area contributed by atoms with Gasteiger partial charge >= 0.3 is 0 Å². The van der Waals surface area contributed by atoms with E-state index in [0.29, 0.717) is 11.5 Å². The van der Waals surface area contributed by atoms with Crippen LogP contribution in [0, 0.1) is 0 Å². The van der Waals surface area contributed by atoms with Crippen molar-refractivity contribution in [1.82, 2.24) is 0 Å². The predicted octanol–water partition coefficient (Wildman–Crippen LogP) is 9.67. The Bertz CT molecular complexity index is 2390. The average molecular weight is 783 g/mol. The van der Waals surface area contributed by atoms with Crippen LogP contribution in [0.25, 0.3) is 0 Å². The Kier molecular flexibility index (Phi) is 11.8. The molecule has 0 aromatic heterocycles. The number of hydrogen-bond acceptors (Lipinski definition) is 8. The maximum atomic E-state index is 13.6. The van der Waals surface area contributed by atoms with E-state index in [0.717, 1.165) is 22.3 Å². The summed E-state index contributed by atoms with van der Waals surface area (Å²) in [6.45, 7) is 1.05. The summed E-state index contributed by atoms with van der Waals surface area (Å²) in [5, 5.41) is 0. The molecule has 0 bridgehead atoms. The zero-order chi connectivity index (χ0) is 38.8. The molecule has 8 nitrogen and oxygen atoms in total. The first-order valence-electron chi connectivity index (χ1n) is 17.8. The average Bonchev–Trinajstić information content (AvgIpc) is 3.25. The first-order chi connectivity index (χ1) is 27.3. The highest BCUT2D eigenvalue weighted by Crippen LogP contribution is 2.32. The molecule has 282 valence electrons. The molecule has 0 heterocycles. The molecule has 0 fully saturated rings. The molecular weight excluding hydrogens is 745 g/mol. The molecular formula is C46H38O8S2. The molecule has 0 aliphatic carbocycles. The molecule has 7 aromatic carbocycles. The summed E-state index contributed by atoms with van der Waals surface area (Å²) in [6.07, 6.45) is 0. The second-order valence-corrected chi connectivity index (χ2v) is 16.6. The quantitative estimate of drug-likeness (QED) is 0.0955. The molecule has 7 aromatic rings. The highest BCUT2D eigenvalue weighted by atomic mass is 32.2. The molecule has 56 heavy (non-hydrogen) atoms. The molecule has 0 unspecified atom stereocenters. The molecule has 0 aliphatic rings. The van der Waals surface area contributed by atoms with Crippen molar-refractivity contribution in [1.29, 1.82) is 0 Å². The molecule has 0 radical (unpaired) electrons. The van der Waals surface area contributed by atoms with Crippen molar-refractivity contribution in [3.8, 4) is 23.0 Å². The van der Waals surface area contributed by atoms with E-state index in [-0.39, 0.29) is 57.5 Å². The van der Waals surface area contributed by atoms with Gasteiger partial charge in [0.05, 0.1) is 9.79 Å². The molecule has 0 N–H and O–H groups in total. The standard InChI is InChI=1S/C46H38O8S2/c47-55(48,45-17-9-7-15-43(45)53-33-35-11-3-1-4-12-35)41-27-23-39(24-28-41)51-31-37-19-21-38(22-20-37)32-52-40-25-29-42(30-26-40)56(49,50)46-18-10-8-16-44(46)54-34-36-13-5-2-6-14-36/h1-30H,31-34H2. The summed E-state index contributed by atoms with van der Waals surface area (Å²) in [5.41, 5.74) is 3.70. The largest absolute Gasteiger partial charge is 0.489 e. The molecule has 7 rings (SSSR count). The minimum atomic E-state index is -3.84. The van der Waals surface area contributed by atoms with E-state index in [9.17, 15) is 16.8 Å². The van der Waals surface area contributed by atoms with Crippen molar-refractivity contribution in [2.24, 2.45) is 0 Å². The molecule has 0 amide bonds. The lowest BCUT2D eigenvalue weighted by Gasteiger charge is -2.13. The topological polar surface area (TPSA) is 105 Å². The van der Waals surface area contributed by atoms with Gasteiger partial charge in [0.15, 0.2) is 0 Å². The maximum Gasteiger partial charge on any atom is 0.210 e. The van der Waals surface area contributed by atoms with Crippen molar-refractivity contribution < 1.29 is 35.8 Å². The van der Waals surface area contributed by atoms with Gasteiger partial charge < -0.3 is 18.9 Å². The fraction of sp³-hybridized carbons (Fsp3) is 0.0870. The van der Waals surface area contributed by atoms with E-state index in [4.69, 9.17) is 18.9 Å². The van der Waals surface area contributed by atoms with Crippen LogP contribution in [0.4, 0.5) is 0 Å². The Morgan fingerprint density at radius 2 is 0.607 bits per heavy atom. The van der Waals surface area contributed by atoms with Gasteiger partial charge in [-0.05, 0) is 95.1 Å². The zero-order valence-corrected chi connectivity index (χ0v) is 31.9. The number of para-hydroxylation sites is 2. The summed E-state index contributed by atoms with van der Waals surface area (Å²) in [5.74, 6) is 1.63. The summed E-state index contributed by atoms with van der Waals surface area (Å²) >= 11 is 0. The summed E-state index contributed by atoms with van der Waals surface area (Å²) in [7, 11) is -7.69. The fourth-order valence-electron chi connectivity index (χ4n) is 5.80. The predicted molar refractivity (Wildman–Crippen MR) is 213 cm³/mol. The van der Waals surface area contributed by atoms with Gasteiger partial charge in [-0.1, -0.05) is 109 Å². The normalized spacial score (nSPS) is 11.4. The Morgan fingerprint density at radius 1 is 0.304 bits per heavy atom. The van der Waals surface area contributed by atoms with E-state index in [1.807, 2.05) is 84.9 Å². The van der Waals surface area contributed by atoms with Crippen LogP contribution >= 0.6 is 0 Å². The second kappa shape index (κ2) is 17.4. The van der Waals surface area contributed by atoms with Crippen LogP contribution < -0.4 is 18.9 Å². The van der Waals surface area contributed by atoms with Crippen LogP contribution in [0.15, 0.2) is 202 Å². The van der Waals surface area contributed by atoms with Crippen molar-refractivity contribution in [3.63, 3.8) is 0 Å². The zero-order valence-electron chi connectivity index (χ0n) is 30.2. The SMILES string of the molecule is O=S(=O)(c1ccc(OCc2ccc(COc3ccc(S(=O)(=O)c4ccccc4OCc4ccccc4)cc3)cc2)cc1)c1ccccc1OCc1ccccc1. The third kappa shape index (κ3) is 9.29. The number of benzene rings is 7. The van der Waals surface area contributed by atoms with Crippen LogP contribution in [0.1, 0.15) is 22.3 Å². The van der Waals surface area contributed by atoms with E-state index >= 15 is 0 Å². The third-order valence-electron chi connectivity index (χ3n) is 8.85. The smallest absolute Gasteiger partial charge is 0.210 e. The highest BCUT2D eigenvalue weighted by molar-refractivity contribution is 7.92. The Hall–Kier alpha value is -6.36. The fourth-order valence-corrected chi connectivity index (χ4v) is 8.60. The van der Waals surface area contributed by atoms with Gasteiger partial charge in [0.1, 0.15) is 59.2 Å². The van der Waals surface area contributed by atoms with E-state index in [1.54, 1.807) is 72.8 Å². The minimum absolute atomic E-state index is 0.0982. The van der Waals surface area contributed by atoms with Gasteiger partial charge in [-0.3, -0.25) is 0 Å². The van der Waals surface area contributed by atoms with Crippen molar-refractivity contribution in [3.05, 3.63) is 204 Å². The van der Waals surface area contributed by atoms with Gasteiger partial charge in [0, 0.05) is 0 Å². The van der Waals surface area contributed by atoms with E-state index in [1.165, 1.54) is 24.3 Å². The van der Waals surface area contributed by atoms with Crippen LogP contribution in [-0.2, 0) is 46.1 Å².